The highest BCUT2D eigenvalue weighted by atomic mass is 27.2. The topological polar surface area (TPSA) is 18.5 Å². The monoisotopic (exact) mass is 340 g/mol. The van der Waals surface area contributed by atoms with Gasteiger partial charge in [0, 0.05) is 11.1 Å². The number of hydrogen-bond acceptors (Lipinski definition) is 2. The van der Waals surface area contributed by atoms with E-state index in [0.29, 0.717) is 0 Å². The number of hydrogen-bond donors (Lipinski definition) is 0. The minimum Gasteiger partial charge on any atom is -0.611 e. The van der Waals surface area contributed by atoms with Gasteiger partial charge in [0.15, 0.2) is 0 Å². The minimum absolute atomic E-state index is 0.929. The first-order valence-electron chi connectivity index (χ1n) is 8.72. The lowest BCUT2D eigenvalue weighted by Gasteiger charge is -2.15. The van der Waals surface area contributed by atoms with E-state index < -0.39 is 14.8 Å². The molecule has 0 unspecified atom stereocenters. The molecule has 0 atom stereocenters. The summed E-state index contributed by atoms with van der Waals surface area (Å²) in [5.74, 6) is 1.90. The zero-order valence-electron chi connectivity index (χ0n) is 14.0. The molecule has 0 amide bonds. The average molecular weight is 340 g/mol. The molecule has 120 valence electrons. The van der Waals surface area contributed by atoms with Crippen LogP contribution in [0.3, 0.4) is 0 Å². The Hall–Kier alpha value is -2.47. The SMILES string of the molecule is C[CH2][Al]1[O]c2ccc3ccccc3c2-c2c(ccc3ccccc23)[O]1. The second-order valence-electron chi connectivity index (χ2n) is 6.39. The summed E-state index contributed by atoms with van der Waals surface area (Å²) in [5, 5.41) is 5.80. The lowest BCUT2D eigenvalue weighted by atomic mass is 9.92. The lowest BCUT2D eigenvalue weighted by molar-refractivity contribution is 0.432. The Morgan fingerprint density at radius 2 is 1.12 bits per heavy atom. The first-order valence-corrected chi connectivity index (χ1v) is 10.5. The van der Waals surface area contributed by atoms with E-state index in [0.717, 1.165) is 27.9 Å². The second kappa shape index (κ2) is 5.81. The van der Waals surface area contributed by atoms with Crippen LogP contribution in [0.2, 0.25) is 5.28 Å². The van der Waals surface area contributed by atoms with Crippen molar-refractivity contribution in [2.45, 2.75) is 12.2 Å². The van der Waals surface area contributed by atoms with Crippen molar-refractivity contribution in [2.75, 3.05) is 0 Å². The summed E-state index contributed by atoms with van der Waals surface area (Å²) in [6.45, 7) is 2.14. The van der Waals surface area contributed by atoms with Gasteiger partial charge in [-0.3, -0.25) is 0 Å². The molecule has 1 aliphatic rings. The molecular weight excluding hydrogens is 323 g/mol. The van der Waals surface area contributed by atoms with E-state index in [4.69, 9.17) is 7.58 Å². The highest BCUT2D eigenvalue weighted by molar-refractivity contribution is 6.47. The Morgan fingerprint density at radius 3 is 1.60 bits per heavy atom. The molecule has 25 heavy (non-hydrogen) atoms. The van der Waals surface area contributed by atoms with Crippen LogP contribution in [0.4, 0.5) is 0 Å². The Kier molecular flexibility index (Phi) is 3.45. The Labute approximate surface area is 151 Å². The highest BCUT2D eigenvalue weighted by Crippen LogP contribution is 2.47. The van der Waals surface area contributed by atoms with Gasteiger partial charge >= 0.3 is 14.8 Å². The third-order valence-electron chi connectivity index (χ3n) is 4.88. The largest absolute Gasteiger partial charge is 0.856 e. The molecule has 3 heteroatoms. The van der Waals surface area contributed by atoms with Gasteiger partial charge in [-0.05, 0) is 39.0 Å². The normalized spacial score (nSPS) is 12.9. The van der Waals surface area contributed by atoms with Crippen LogP contribution >= 0.6 is 0 Å². The van der Waals surface area contributed by atoms with Gasteiger partial charge in [0.1, 0.15) is 0 Å². The van der Waals surface area contributed by atoms with Crippen LogP contribution in [0, 0.1) is 0 Å². The quantitative estimate of drug-likeness (QED) is 0.399. The fourth-order valence-corrected chi connectivity index (χ4v) is 5.03. The molecule has 0 spiro atoms. The van der Waals surface area contributed by atoms with Gasteiger partial charge in [-0.1, -0.05) is 67.6 Å². The summed E-state index contributed by atoms with van der Waals surface area (Å²) in [4.78, 5) is 0. The number of rotatable bonds is 1. The van der Waals surface area contributed by atoms with Crippen molar-refractivity contribution in [2.24, 2.45) is 0 Å². The van der Waals surface area contributed by atoms with Gasteiger partial charge in [0.25, 0.3) is 0 Å². The van der Waals surface area contributed by atoms with E-state index in [1.54, 1.807) is 0 Å². The van der Waals surface area contributed by atoms with Crippen molar-refractivity contribution < 1.29 is 7.58 Å². The van der Waals surface area contributed by atoms with Gasteiger partial charge in [-0.25, -0.2) is 0 Å². The molecule has 5 rings (SSSR count). The smallest absolute Gasteiger partial charge is 0.611 e. The first-order chi connectivity index (χ1) is 12.3. The summed E-state index contributed by atoms with van der Waals surface area (Å²) < 4.78 is 12.7. The predicted molar refractivity (Wildman–Crippen MR) is 104 cm³/mol. The van der Waals surface area contributed by atoms with Crippen molar-refractivity contribution in [3.05, 3.63) is 72.8 Å². The molecule has 0 radical (unpaired) electrons. The van der Waals surface area contributed by atoms with Crippen molar-refractivity contribution >= 4 is 36.4 Å². The lowest BCUT2D eigenvalue weighted by Crippen LogP contribution is -2.27. The molecule has 0 saturated heterocycles. The van der Waals surface area contributed by atoms with Crippen LogP contribution < -0.4 is 7.58 Å². The Bertz CT molecular complexity index is 1020. The van der Waals surface area contributed by atoms with Crippen LogP contribution in [0.5, 0.6) is 11.5 Å². The van der Waals surface area contributed by atoms with E-state index in [1.807, 2.05) is 0 Å². The molecule has 2 nitrogen and oxygen atoms in total. The molecule has 0 N–H and O–H groups in total. The molecule has 4 aromatic rings. The van der Waals surface area contributed by atoms with Crippen LogP contribution in [-0.2, 0) is 0 Å². The summed E-state index contributed by atoms with van der Waals surface area (Å²) in [5.41, 5.74) is 2.32. The predicted octanol–water partition coefficient (Wildman–Crippen LogP) is 5.94. The van der Waals surface area contributed by atoms with E-state index in [2.05, 4.69) is 79.7 Å². The van der Waals surface area contributed by atoms with Crippen LogP contribution in [0.15, 0.2) is 72.8 Å². The number of fused-ring (bicyclic) bond motifs is 7. The zero-order chi connectivity index (χ0) is 16.8. The van der Waals surface area contributed by atoms with Gasteiger partial charge < -0.3 is 7.58 Å². The third-order valence-corrected chi connectivity index (χ3v) is 6.58. The van der Waals surface area contributed by atoms with Crippen LogP contribution in [0.25, 0.3) is 32.7 Å². The molecule has 0 bridgehead atoms. The molecule has 0 saturated carbocycles. The third kappa shape index (κ3) is 2.32. The zero-order valence-corrected chi connectivity index (χ0v) is 15.2. The van der Waals surface area contributed by atoms with Crippen molar-refractivity contribution in [1.82, 2.24) is 0 Å². The summed E-state index contributed by atoms with van der Waals surface area (Å²) >= 11 is -1.79. The summed E-state index contributed by atoms with van der Waals surface area (Å²) in [6, 6.07) is 25.5. The van der Waals surface area contributed by atoms with Crippen LogP contribution in [0.1, 0.15) is 6.92 Å². The van der Waals surface area contributed by atoms with Crippen molar-refractivity contribution in [3.63, 3.8) is 0 Å². The first kappa shape index (κ1) is 14.8. The maximum atomic E-state index is 6.36. The van der Waals surface area contributed by atoms with Crippen LogP contribution in [-0.4, -0.2) is 14.8 Å². The number of benzene rings is 4. The fourth-order valence-electron chi connectivity index (χ4n) is 3.69. The molecule has 4 aromatic carbocycles. The fraction of sp³-hybridized carbons (Fsp3) is 0.0909. The van der Waals surface area contributed by atoms with Gasteiger partial charge in [-0.2, -0.15) is 0 Å². The summed E-state index contributed by atoms with van der Waals surface area (Å²) in [6.07, 6.45) is 0. The second-order valence-corrected chi connectivity index (χ2v) is 8.54. The van der Waals surface area contributed by atoms with E-state index in [1.165, 1.54) is 21.5 Å². The molecule has 0 fully saturated rings. The van der Waals surface area contributed by atoms with Gasteiger partial charge in [0.05, 0.1) is 11.5 Å². The Balaban J connectivity index is 1.97. The maximum Gasteiger partial charge on any atom is 0.856 e. The molecular formula is C22H17AlO2. The molecule has 0 aromatic heterocycles. The summed E-state index contributed by atoms with van der Waals surface area (Å²) in [7, 11) is 0. The van der Waals surface area contributed by atoms with Crippen molar-refractivity contribution in [3.8, 4) is 22.6 Å². The maximum absolute atomic E-state index is 6.36. The van der Waals surface area contributed by atoms with E-state index in [-0.39, 0.29) is 0 Å². The standard InChI is InChI=1S/C20H14O2.C2H5.Al/c21-17-11-9-13-5-1-3-7-15(13)19(17)20-16-8-4-2-6-14(16)10-12-18(20)22;1-2;/h1-12,21-22H;1H2,2H3;/q;;+2/p-2. The van der Waals surface area contributed by atoms with E-state index in [9.17, 15) is 0 Å². The van der Waals surface area contributed by atoms with Gasteiger partial charge in [-0.15, -0.1) is 0 Å². The van der Waals surface area contributed by atoms with Gasteiger partial charge in [0.2, 0.25) is 0 Å². The minimum atomic E-state index is -1.79. The Morgan fingerprint density at radius 1 is 0.640 bits per heavy atom. The van der Waals surface area contributed by atoms with Crippen molar-refractivity contribution in [1.29, 1.82) is 0 Å². The average Bonchev–Trinajstić information content (AvgIpc) is 2.84. The molecule has 1 heterocycles. The van der Waals surface area contributed by atoms with E-state index >= 15 is 0 Å². The highest BCUT2D eigenvalue weighted by Gasteiger charge is 2.35. The molecule has 0 aliphatic carbocycles. The molecule has 1 aliphatic heterocycles.